The number of hydrogen-bond acceptors (Lipinski definition) is 3. The van der Waals surface area contributed by atoms with Crippen molar-refractivity contribution in [1.82, 2.24) is 15.5 Å². The van der Waals surface area contributed by atoms with Crippen molar-refractivity contribution in [1.29, 1.82) is 0 Å². The molecule has 2 N–H and O–H groups in total. The Kier molecular flexibility index (Phi) is 7.33. The number of halogens is 1. The molecule has 1 aromatic rings. The number of carbonyl (C=O) groups is 3. The molecule has 1 heterocycles. The molecule has 0 bridgehead atoms. The van der Waals surface area contributed by atoms with Crippen molar-refractivity contribution < 1.29 is 18.8 Å². The van der Waals surface area contributed by atoms with Gasteiger partial charge in [0, 0.05) is 32.1 Å². The van der Waals surface area contributed by atoms with Gasteiger partial charge in [0.15, 0.2) is 0 Å². The minimum Gasteiger partial charge on any atom is -0.356 e. The van der Waals surface area contributed by atoms with Crippen molar-refractivity contribution in [2.75, 3.05) is 19.6 Å². The smallest absolute Gasteiger partial charge is 0.251 e. The summed E-state index contributed by atoms with van der Waals surface area (Å²) in [5.41, 5.74) is 0.323. The standard InChI is InChI=1S/C20H28FN3O3/c1-13(2)18(23-19(26)16-4-6-17(21)7-5-16)20(27)24-10-8-15(9-11-24)12-22-14(3)25/h4-7,13,15,18H,8-12H2,1-3H3,(H,22,25)(H,23,26). The molecule has 3 amide bonds. The first-order valence-electron chi connectivity index (χ1n) is 9.37. The van der Waals surface area contributed by atoms with Crippen molar-refractivity contribution in [2.24, 2.45) is 11.8 Å². The fourth-order valence-electron chi connectivity index (χ4n) is 3.18. The molecule has 1 fully saturated rings. The molecule has 1 aromatic carbocycles. The second kappa shape index (κ2) is 9.48. The van der Waals surface area contributed by atoms with Gasteiger partial charge < -0.3 is 15.5 Å². The number of hydrogen-bond donors (Lipinski definition) is 2. The average Bonchev–Trinajstić information content (AvgIpc) is 2.64. The minimum absolute atomic E-state index is 0.0446. The lowest BCUT2D eigenvalue weighted by molar-refractivity contribution is -0.135. The average molecular weight is 377 g/mol. The number of rotatable bonds is 6. The zero-order valence-electron chi connectivity index (χ0n) is 16.1. The molecule has 1 aliphatic rings. The molecule has 1 aliphatic heterocycles. The molecule has 148 valence electrons. The lowest BCUT2D eigenvalue weighted by Gasteiger charge is -2.35. The van der Waals surface area contributed by atoms with Gasteiger partial charge in [-0.05, 0) is 48.9 Å². The third-order valence-electron chi connectivity index (χ3n) is 4.89. The Hall–Kier alpha value is -2.44. The number of carbonyl (C=O) groups excluding carboxylic acids is 3. The van der Waals surface area contributed by atoms with E-state index in [1.54, 1.807) is 4.90 Å². The highest BCUT2D eigenvalue weighted by Gasteiger charge is 2.31. The topological polar surface area (TPSA) is 78.5 Å². The quantitative estimate of drug-likeness (QED) is 0.795. The molecule has 2 rings (SSSR count). The Labute approximate surface area is 159 Å². The highest BCUT2D eigenvalue weighted by Crippen LogP contribution is 2.19. The first-order chi connectivity index (χ1) is 12.8. The zero-order chi connectivity index (χ0) is 20.0. The molecule has 1 saturated heterocycles. The van der Waals surface area contributed by atoms with E-state index in [0.29, 0.717) is 31.1 Å². The minimum atomic E-state index is -0.630. The zero-order valence-corrected chi connectivity index (χ0v) is 16.1. The first kappa shape index (κ1) is 20.9. The van der Waals surface area contributed by atoms with Crippen LogP contribution in [0.1, 0.15) is 44.0 Å². The molecule has 0 spiro atoms. The molecule has 0 saturated carbocycles. The normalized spacial score (nSPS) is 16.1. The molecule has 1 atom stereocenters. The number of amides is 3. The number of nitrogens with one attached hydrogen (secondary N) is 2. The van der Waals surface area contributed by atoms with Crippen LogP contribution in [0.5, 0.6) is 0 Å². The van der Waals surface area contributed by atoms with Crippen LogP contribution in [0.4, 0.5) is 4.39 Å². The fourth-order valence-corrected chi connectivity index (χ4v) is 3.18. The van der Waals surface area contributed by atoms with E-state index in [1.165, 1.54) is 31.2 Å². The van der Waals surface area contributed by atoms with Gasteiger partial charge >= 0.3 is 0 Å². The van der Waals surface area contributed by atoms with Crippen molar-refractivity contribution in [2.45, 2.75) is 39.7 Å². The monoisotopic (exact) mass is 377 g/mol. The van der Waals surface area contributed by atoms with Crippen molar-refractivity contribution >= 4 is 17.7 Å². The van der Waals surface area contributed by atoms with Gasteiger partial charge in [-0.1, -0.05) is 13.8 Å². The van der Waals surface area contributed by atoms with Crippen LogP contribution < -0.4 is 10.6 Å². The molecular weight excluding hydrogens is 349 g/mol. The number of benzene rings is 1. The van der Waals surface area contributed by atoms with Crippen LogP contribution in [0.2, 0.25) is 0 Å². The van der Waals surface area contributed by atoms with E-state index >= 15 is 0 Å². The van der Waals surface area contributed by atoms with E-state index < -0.39 is 11.9 Å². The molecule has 1 unspecified atom stereocenters. The van der Waals surface area contributed by atoms with E-state index in [2.05, 4.69) is 10.6 Å². The molecule has 7 heteroatoms. The Morgan fingerprint density at radius 1 is 1.15 bits per heavy atom. The largest absolute Gasteiger partial charge is 0.356 e. The predicted molar refractivity (Wildman–Crippen MR) is 100 cm³/mol. The predicted octanol–water partition coefficient (Wildman–Crippen LogP) is 1.95. The summed E-state index contributed by atoms with van der Waals surface area (Å²) in [4.78, 5) is 38.1. The van der Waals surface area contributed by atoms with Crippen molar-refractivity contribution in [3.63, 3.8) is 0 Å². The maximum atomic E-state index is 13.0. The summed E-state index contributed by atoms with van der Waals surface area (Å²) < 4.78 is 13.0. The number of nitrogens with zero attached hydrogens (tertiary/aromatic N) is 1. The highest BCUT2D eigenvalue weighted by atomic mass is 19.1. The molecule has 0 aromatic heterocycles. The third kappa shape index (κ3) is 6.05. The fraction of sp³-hybridized carbons (Fsp3) is 0.550. The summed E-state index contributed by atoms with van der Waals surface area (Å²) in [5.74, 6) is -0.647. The van der Waals surface area contributed by atoms with Gasteiger partial charge in [0.25, 0.3) is 5.91 Å². The van der Waals surface area contributed by atoms with Gasteiger partial charge in [-0.2, -0.15) is 0 Å². The summed E-state index contributed by atoms with van der Waals surface area (Å²) in [6, 6.07) is 4.62. The van der Waals surface area contributed by atoms with Crippen LogP contribution in [0, 0.1) is 17.7 Å². The second-order valence-corrected chi connectivity index (χ2v) is 7.41. The molecular formula is C20H28FN3O3. The van der Waals surface area contributed by atoms with Crippen molar-refractivity contribution in [3.8, 4) is 0 Å². The number of piperidine rings is 1. The lowest BCUT2D eigenvalue weighted by atomic mass is 9.94. The summed E-state index contributed by atoms with van der Waals surface area (Å²) in [7, 11) is 0. The van der Waals surface area contributed by atoms with Crippen LogP contribution in [0.3, 0.4) is 0 Å². The molecule has 6 nitrogen and oxygen atoms in total. The van der Waals surface area contributed by atoms with Gasteiger partial charge in [-0.3, -0.25) is 14.4 Å². The summed E-state index contributed by atoms with van der Waals surface area (Å²) in [5, 5.41) is 5.61. The van der Waals surface area contributed by atoms with E-state index in [-0.39, 0.29) is 23.6 Å². The number of likely N-dealkylation sites (tertiary alicyclic amines) is 1. The molecule has 27 heavy (non-hydrogen) atoms. The van der Waals surface area contributed by atoms with Gasteiger partial charge in [0.2, 0.25) is 11.8 Å². The highest BCUT2D eigenvalue weighted by molar-refractivity contribution is 5.97. The van der Waals surface area contributed by atoms with E-state index in [1.807, 2.05) is 13.8 Å². The van der Waals surface area contributed by atoms with Crippen LogP contribution in [0.25, 0.3) is 0 Å². The Bertz CT molecular complexity index is 668. The van der Waals surface area contributed by atoms with Crippen LogP contribution >= 0.6 is 0 Å². The van der Waals surface area contributed by atoms with E-state index in [4.69, 9.17) is 0 Å². The summed E-state index contributed by atoms with van der Waals surface area (Å²) in [6.07, 6.45) is 1.64. The molecule has 0 aliphatic carbocycles. The Morgan fingerprint density at radius 2 is 1.74 bits per heavy atom. The van der Waals surface area contributed by atoms with Gasteiger partial charge in [0.05, 0.1) is 0 Å². The second-order valence-electron chi connectivity index (χ2n) is 7.41. The van der Waals surface area contributed by atoms with Gasteiger partial charge in [0.1, 0.15) is 11.9 Å². The summed E-state index contributed by atoms with van der Waals surface area (Å²) >= 11 is 0. The third-order valence-corrected chi connectivity index (χ3v) is 4.89. The van der Waals surface area contributed by atoms with Crippen LogP contribution in [0.15, 0.2) is 24.3 Å². The summed E-state index contributed by atoms with van der Waals surface area (Å²) in [6.45, 7) is 7.12. The molecule has 0 radical (unpaired) electrons. The van der Waals surface area contributed by atoms with Crippen LogP contribution in [-0.2, 0) is 9.59 Å². The van der Waals surface area contributed by atoms with Gasteiger partial charge in [-0.15, -0.1) is 0 Å². The lowest BCUT2D eigenvalue weighted by Crippen LogP contribution is -2.53. The Balaban J connectivity index is 1.94. The van der Waals surface area contributed by atoms with E-state index in [9.17, 15) is 18.8 Å². The maximum Gasteiger partial charge on any atom is 0.251 e. The maximum absolute atomic E-state index is 13.0. The van der Waals surface area contributed by atoms with E-state index in [0.717, 1.165) is 12.8 Å². The first-order valence-corrected chi connectivity index (χ1v) is 9.37. The Morgan fingerprint density at radius 3 is 2.26 bits per heavy atom. The van der Waals surface area contributed by atoms with Crippen LogP contribution in [-0.4, -0.2) is 48.3 Å². The SMILES string of the molecule is CC(=O)NCC1CCN(C(=O)C(NC(=O)c2ccc(F)cc2)C(C)C)CC1. The van der Waals surface area contributed by atoms with Gasteiger partial charge in [-0.25, -0.2) is 4.39 Å². The van der Waals surface area contributed by atoms with Crippen molar-refractivity contribution in [3.05, 3.63) is 35.6 Å².